The molecule has 2 heteroatoms. The Kier molecular flexibility index (Phi) is 3.33. The minimum atomic E-state index is 0.107. The topological polar surface area (TPSA) is 20.9 Å². The summed E-state index contributed by atoms with van der Waals surface area (Å²) in [5.41, 5.74) is 3.10. The molecule has 0 amide bonds. The summed E-state index contributed by atoms with van der Waals surface area (Å²) in [5, 5.41) is 0. The van der Waals surface area contributed by atoms with E-state index in [1.807, 2.05) is 37.4 Å². The van der Waals surface area contributed by atoms with Gasteiger partial charge in [-0.15, -0.1) is 0 Å². The maximum atomic E-state index is 11.4. The second-order valence-corrected chi connectivity index (χ2v) is 4.32. The van der Waals surface area contributed by atoms with Crippen LogP contribution in [-0.2, 0) is 6.54 Å². The van der Waals surface area contributed by atoms with Crippen LogP contribution >= 0.6 is 0 Å². The maximum absolute atomic E-state index is 11.4. The number of rotatable bonds is 3. The number of carbonyl (C=O) groups is 1. The number of benzene rings is 1. The molecular weight excluding hydrogens is 210 g/mol. The highest BCUT2D eigenvalue weighted by Gasteiger charge is 2.09. The van der Waals surface area contributed by atoms with Crippen molar-refractivity contribution in [3.63, 3.8) is 0 Å². The van der Waals surface area contributed by atoms with E-state index < -0.39 is 0 Å². The molecular formula is C15H16NO+. The minimum absolute atomic E-state index is 0.107. The van der Waals surface area contributed by atoms with E-state index in [1.54, 1.807) is 6.92 Å². The fourth-order valence-electron chi connectivity index (χ4n) is 1.88. The van der Waals surface area contributed by atoms with Gasteiger partial charge in [-0.25, -0.2) is 0 Å². The van der Waals surface area contributed by atoms with Crippen LogP contribution in [0.15, 0.2) is 48.8 Å². The first-order valence-electron chi connectivity index (χ1n) is 5.71. The van der Waals surface area contributed by atoms with Gasteiger partial charge in [-0.05, 0) is 19.9 Å². The summed E-state index contributed by atoms with van der Waals surface area (Å²) in [4.78, 5) is 11.4. The molecule has 0 saturated carbocycles. The normalized spacial score (nSPS) is 10.2. The van der Waals surface area contributed by atoms with Crippen LogP contribution in [0.1, 0.15) is 28.4 Å². The van der Waals surface area contributed by atoms with Crippen molar-refractivity contribution in [3.8, 4) is 0 Å². The highest BCUT2D eigenvalue weighted by atomic mass is 16.1. The van der Waals surface area contributed by atoms with Crippen LogP contribution in [0.4, 0.5) is 0 Å². The van der Waals surface area contributed by atoms with Gasteiger partial charge in [0.15, 0.2) is 24.7 Å². The van der Waals surface area contributed by atoms with Gasteiger partial charge in [-0.1, -0.05) is 30.3 Å². The van der Waals surface area contributed by atoms with Crippen molar-refractivity contribution in [1.82, 2.24) is 0 Å². The third-order valence-corrected chi connectivity index (χ3v) is 2.67. The Hall–Kier alpha value is -1.96. The molecule has 0 aliphatic rings. The van der Waals surface area contributed by atoms with Crippen LogP contribution in [-0.4, -0.2) is 5.78 Å². The van der Waals surface area contributed by atoms with E-state index in [4.69, 9.17) is 0 Å². The molecule has 0 unspecified atom stereocenters. The summed E-state index contributed by atoms with van der Waals surface area (Å²) >= 11 is 0. The number of pyridine rings is 1. The first-order chi connectivity index (χ1) is 8.15. The number of hydrogen-bond donors (Lipinski definition) is 0. The molecule has 1 aromatic heterocycles. The molecule has 17 heavy (non-hydrogen) atoms. The number of ketones is 1. The lowest BCUT2D eigenvalue weighted by atomic mass is 10.1. The van der Waals surface area contributed by atoms with E-state index in [0.717, 1.165) is 17.7 Å². The molecule has 0 aliphatic carbocycles. The fourth-order valence-corrected chi connectivity index (χ4v) is 1.88. The second kappa shape index (κ2) is 4.91. The Bertz CT molecular complexity index is 532. The number of hydrogen-bond acceptors (Lipinski definition) is 1. The predicted octanol–water partition coefficient (Wildman–Crippen LogP) is 2.53. The monoisotopic (exact) mass is 226 g/mol. The van der Waals surface area contributed by atoms with Crippen LogP contribution < -0.4 is 4.57 Å². The second-order valence-electron chi connectivity index (χ2n) is 4.32. The zero-order valence-electron chi connectivity index (χ0n) is 10.2. The average molecular weight is 226 g/mol. The highest BCUT2D eigenvalue weighted by molar-refractivity contribution is 5.93. The van der Waals surface area contributed by atoms with E-state index in [9.17, 15) is 4.79 Å². The summed E-state index contributed by atoms with van der Waals surface area (Å²) < 4.78 is 2.06. The van der Waals surface area contributed by atoms with Crippen molar-refractivity contribution >= 4 is 5.78 Å². The first kappa shape index (κ1) is 11.5. The van der Waals surface area contributed by atoms with Gasteiger partial charge in [-0.2, -0.15) is 4.57 Å². The molecule has 1 heterocycles. The van der Waals surface area contributed by atoms with E-state index in [2.05, 4.69) is 22.9 Å². The Morgan fingerprint density at radius 3 is 2.53 bits per heavy atom. The Morgan fingerprint density at radius 2 is 1.88 bits per heavy atom. The van der Waals surface area contributed by atoms with E-state index in [-0.39, 0.29) is 5.78 Å². The molecule has 0 spiro atoms. The smallest absolute Gasteiger partial charge is 0.179 e. The predicted molar refractivity (Wildman–Crippen MR) is 66.9 cm³/mol. The largest absolute Gasteiger partial charge is 0.294 e. The average Bonchev–Trinajstić information content (AvgIpc) is 2.29. The maximum Gasteiger partial charge on any atom is 0.179 e. The van der Waals surface area contributed by atoms with Gasteiger partial charge in [0.2, 0.25) is 0 Å². The molecule has 0 saturated heterocycles. The number of aromatic nitrogens is 1. The standard InChI is InChI=1S/C15H16NO/c1-12-8-15(13(2)17)11-16(9-12)10-14-6-4-3-5-7-14/h3-9,11H,10H2,1-2H3/q+1. The minimum Gasteiger partial charge on any atom is -0.294 e. The molecule has 0 radical (unpaired) electrons. The van der Waals surface area contributed by atoms with Crippen molar-refractivity contribution in [2.45, 2.75) is 20.4 Å². The molecule has 2 nitrogen and oxygen atoms in total. The Morgan fingerprint density at radius 1 is 1.18 bits per heavy atom. The van der Waals surface area contributed by atoms with Gasteiger partial charge >= 0.3 is 0 Å². The molecule has 86 valence electrons. The van der Waals surface area contributed by atoms with Crippen LogP contribution in [0.3, 0.4) is 0 Å². The summed E-state index contributed by atoms with van der Waals surface area (Å²) in [6, 6.07) is 12.1. The lowest BCUT2D eigenvalue weighted by Crippen LogP contribution is -2.35. The number of nitrogens with zero attached hydrogens (tertiary/aromatic N) is 1. The molecule has 2 rings (SSSR count). The third kappa shape index (κ3) is 3.00. The SMILES string of the molecule is CC(=O)c1cc(C)c[n+](Cc2ccccc2)c1. The van der Waals surface area contributed by atoms with Crippen molar-refractivity contribution < 1.29 is 9.36 Å². The highest BCUT2D eigenvalue weighted by Crippen LogP contribution is 2.03. The Labute approximate surface area is 102 Å². The van der Waals surface area contributed by atoms with Gasteiger partial charge in [0.05, 0.1) is 5.56 Å². The van der Waals surface area contributed by atoms with Crippen LogP contribution in [0, 0.1) is 6.92 Å². The van der Waals surface area contributed by atoms with Crippen molar-refractivity contribution in [3.05, 3.63) is 65.5 Å². The quantitative estimate of drug-likeness (QED) is 0.582. The van der Waals surface area contributed by atoms with Crippen molar-refractivity contribution in [1.29, 1.82) is 0 Å². The van der Waals surface area contributed by atoms with Crippen LogP contribution in [0.5, 0.6) is 0 Å². The van der Waals surface area contributed by atoms with Crippen molar-refractivity contribution in [2.75, 3.05) is 0 Å². The van der Waals surface area contributed by atoms with Crippen molar-refractivity contribution in [2.24, 2.45) is 0 Å². The first-order valence-corrected chi connectivity index (χ1v) is 5.71. The molecule has 0 atom stereocenters. The van der Waals surface area contributed by atoms with E-state index in [1.165, 1.54) is 5.56 Å². The fraction of sp³-hybridized carbons (Fsp3) is 0.200. The Balaban J connectivity index is 2.30. The van der Waals surface area contributed by atoms with Gasteiger partial charge in [0, 0.05) is 11.1 Å². The van der Waals surface area contributed by atoms with Gasteiger partial charge in [0.1, 0.15) is 0 Å². The zero-order chi connectivity index (χ0) is 12.3. The molecule has 2 aromatic rings. The summed E-state index contributed by atoms with van der Waals surface area (Å²) in [7, 11) is 0. The van der Waals surface area contributed by atoms with E-state index >= 15 is 0 Å². The zero-order valence-corrected chi connectivity index (χ0v) is 10.2. The number of Topliss-reactive ketones (excluding diaryl/α,β-unsaturated/α-hetero) is 1. The van der Waals surface area contributed by atoms with Gasteiger partial charge < -0.3 is 0 Å². The summed E-state index contributed by atoms with van der Waals surface area (Å²) in [5.74, 6) is 0.107. The summed E-state index contributed by atoms with van der Waals surface area (Å²) in [6.45, 7) is 4.40. The number of carbonyl (C=O) groups excluding carboxylic acids is 1. The molecule has 0 N–H and O–H groups in total. The van der Waals surface area contributed by atoms with Gasteiger partial charge in [-0.3, -0.25) is 4.79 Å². The van der Waals surface area contributed by atoms with E-state index in [0.29, 0.717) is 0 Å². The van der Waals surface area contributed by atoms with Gasteiger partial charge in [0.25, 0.3) is 0 Å². The van der Waals surface area contributed by atoms with Crippen LogP contribution in [0.2, 0.25) is 0 Å². The molecule has 0 fully saturated rings. The third-order valence-electron chi connectivity index (χ3n) is 2.67. The lowest BCUT2D eigenvalue weighted by molar-refractivity contribution is -0.688. The summed E-state index contributed by atoms with van der Waals surface area (Å²) in [6.07, 6.45) is 3.96. The van der Waals surface area contributed by atoms with Crippen LogP contribution in [0.25, 0.3) is 0 Å². The lowest BCUT2D eigenvalue weighted by Gasteiger charge is -2.01. The molecule has 0 aliphatic heterocycles. The molecule has 1 aromatic carbocycles. The number of aryl methyl sites for hydroxylation is 1. The molecule has 0 bridgehead atoms.